The molecule has 0 fully saturated rings. The molecule has 0 amide bonds. The summed E-state index contributed by atoms with van der Waals surface area (Å²) >= 11 is 0. The van der Waals surface area contributed by atoms with Gasteiger partial charge in [0.15, 0.2) is 5.82 Å². The zero-order chi connectivity index (χ0) is 16.9. The maximum Gasteiger partial charge on any atom is 0.218 e. The van der Waals surface area contributed by atoms with Gasteiger partial charge in [0.05, 0.1) is 17.8 Å². The van der Waals surface area contributed by atoms with Crippen molar-refractivity contribution >= 4 is 0 Å². The van der Waals surface area contributed by atoms with Crippen LogP contribution in [0.3, 0.4) is 0 Å². The minimum atomic E-state index is -0.287. The van der Waals surface area contributed by atoms with Crippen molar-refractivity contribution in [3.05, 3.63) is 71.3 Å². The zero-order valence-corrected chi connectivity index (χ0v) is 13.1. The molecule has 0 aliphatic carbocycles. The van der Waals surface area contributed by atoms with Gasteiger partial charge in [-0.15, -0.1) is 0 Å². The standard InChI is InChI=1S/C18H15FN4O/c1-2-13-3-4-15(16(19)9-13)12-24-18-6-8-22-23(18)17-10-14(11-20)5-7-21-17/h3-10H,2,12H2,1H3. The molecule has 3 aromatic rings. The lowest BCUT2D eigenvalue weighted by Crippen LogP contribution is -2.06. The van der Waals surface area contributed by atoms with Crippen molar-refractivity contribution in [2.24, 2.45) is 0 Å². The Morgan fingerprint density at radius 1 is 1.21 bits per heavy atom. The highest BCUT2D eigenvalue weighted by Gasteiger charge is 2.10. The number of hydrogen-bond donors (Lipinski definition) is 0. The minimum Gasteiger partial charge on any atom is -0.473 e. The van der Waals surface area contributed by atoms with Crippen LogP contribution in [-0.4, -0.2) is 14.8 Å². The molecule has 1 aromatic carbocycles. The molecule has 120 valence electrons. The highest BCUT2D eigenvalue weighted by Crippen LogP contribution is 2.19. The third kappa shape index (κ3) is 3.25. The molecule has 0 bridgehead atoms. The van der Waals surface area contributed by atoms with Gasteiger partial charge in [-0.3, -0.25) is 0 Å². The molecule has 2 heterocycles. The van der Waals surface area contributed by atoms with Crippen LogP contribution in [-0.2, 0) is 13.0 Å². The number of rotatable bonds is 5. The summed E-state index contributed by atoms with van der Waals surface area (Å²) in [5.74, 6) is 0.609. The van der Waals surface area contributed by atoms with Gasteiger partial charge in [0.1, 0.15) is 12.4 Å². The molecular weight excluding hydrogens is 307 g/mol. The van der Waals surface area contributed by atoms with Crippen molar-refractivity contribution < 1.29 is 9.13 Å². The first-order valence-corrected chi connectivity index (χ1v) is 7.52. The van der Waals surface area contributed by atoms with Crippen LogP contribution in [0.15, 0.2) is 48.8 Å². The molecule has 24 heavy (non-hydrogen) atoms. The third-order valence-electron chi connectivity index (χ3n) is 3.60. The molecular formula is C18H15FN4O. The SMILES string of the molecule is CCc1ccc(COc2ccnn2-c2cc(C#N)ccn2)c(F)c1. The monoisotopic (exact) mass is 322 g/mol. The fourth-order valence-corrected chi connectivity index (χ4v) is 2.26. The Kier molecular flexibility index (Phi) is 4.52. The quantitative estimate of drug-likeness (QED) is 0.722. The second-order valence-electron chi connectivity index (χ2n) is 5.16. The van der Waals surface area contributed by atoms with Crippen LogP contribution >= 0.6 is 0 Å². The third-order valence-corrected chi connectivity index (χ3v) is 3.60. The number of benzene rings is 1. The molecule has 0 saturated heterocycles. The van der Waals surface area contributed by atoms with Crippen LogP contribution < -0.4 is 4.74 Å². The number of aryl methyl sites for hydroxylation is 1. The van der Waals surface area contributed by atoms with Crippen molar-refractivity contribution in [1.29, 1.82) is 5.26 Å². The molecule has 0 aliphatic heterocycles. The molecule has 0 saturated carbocycles. The Labute approximate surface area is 139 Å². The van der Waals surface area contributed by atoms with E-state index in [1.54, 1.807) is 30.5 Å². The first-order valence-electron chi connectivity index (χ1n) is 7.52. The van der Waals surface area contributed by atoms with E-state index in [1.807, 2.05) is 13.0 Å². The molecule has 0 atom stereocenters. The summed E-state index contributed by atoms with van der Waals surface area (Å²) in [6.07, 6.45) is 3.88. The lowest BCUT2D eigenvalue weighted by molar-refractivity contribution is 0.279. The number of nitriles is 1. The maximum atomic E-state index is 14.0. The summed E-state index contributed by atoms with van der Waals surface area (Å²) in [6.45, 7) is 2.06. The van der Waals surface area contributed by atoms with Crippen LogP contribution in [0.25, 0.3) is 5.82 Å². The van der Waals surface area contributed by atoms with Gasteiger partial charge in [0.2, 0.25) is 5.88 Å². The summed E-state index contributed by atoms with van der Waals surface area (Å²) in [4.78, 5) is 4.18. The first-order chi connectivity index (χ1) is 11.7. The summed E-state index contributed by atoms with van der Waals surface area (Å²) < 4.78 is 21.2. The molecule has 0 unspecified atom stereocenters. The van der Waals surface area contributed by atoms with Gasteiger partial charge in [0, 0.05) is 23.9 Å². The maximum absolute atomic E-state index is 14.0. The van der Waals surface area contributed by atoms with Gasteiger partial charge < -0.3 is 4.74 Å². The number of nitrogens with zero attached hydrogens (tertiary/aromatic N) is 4. The van der Waals surface area contributed by atoms with Gasteiger partial charge in [0.25, 0.3) is 0 Å². The summed E-state index contributed by atoms with van der Waals surface area (Å²) in [7, 11) is 0. The van der Waals surface area contributed by atoms with Crippen molar-refractivity contribution in [3.8, 4) is 17.8 Å². The average Bonchev–Trinajstić information content (AvgIpc) is 3.09. The van der Waals surface area contributed by atoms with Crippen LogP contribution in [0, 0.1) is 17.1 Å². The van der Waals surface area contributed by atoms with Gasteiger partial charge in [-0.2, -0.15) is 15.0 Å². The van der Waals surface area contributed by atoms with Crippen LogP contribution in [0.2, 0.25) is 0 Å². The smallest absolute Gasteiger partial charge is 0.218 e. The van der Waals surface area contributed by atoms with Crippen molar-refractivity contribution in [3.63, 3.8) is 0 Å². The van der Waals surface area contributed by atoms with E-state index in [4.69, 9.17) is 10.00 Å². The van der Waals surface area contributed by atoms with Gasteiger partial charge in [-0.25, -0.2) is 9.37 Å². The van der Waals surface area contributed by atoms with Crippen LogP contribution in [0.5, 0.6) is 5.88 Å². The summed E-state index contributed by atoms with van der Waals surface area (Å²) in [6, 6.07) is 12.1. The second-order valence-corrected chi connectivity index (χ2v) is 5.16. The van der Waals surface area contributed by atoms with Gasteiger partial charge >= 0.3 is 0 Å². The van der Waals surface area contributed by atoms with E-state index in [-0.39, 0.29) is 12.4 Å². The van der Waals surface area contributed by atoms with E-state index in [2.05, 4.69) is 16.2 Å². The number of hydrogen-bond acceptors (Lipinski definition) is 4. The number of pyridine rings is 1. The van der Waals surface area contributed by atoms with E-state index in [9.17, 15) is 4.39 Å². The minimum absolute atomic E-state index is 0.0828. The van der Waals surface area contributed by atoms with E-state index in [0.717, 1.165) is 12.0 Å². The van der Waals surface area contributed by atoms with Gasteiger partial charge in [-0.05, 0) is 24.1 Å². The molecule has 3 rings (SSSR count). The lowest BCUT2D eigenvalue weighted by Gasteiger charge is -2.10. The molecule has 5 nitrogen and oxygen atoms in total. The molecule has 0 aliphatic rings. The topological polar surface area (TPSA) is 63.7 Å². The highest BCUT2D eigenvalue weighted by molar-refractivity contribution is 5.37. The predicted octanol–water partition coefficient (Wildman–Crippen LogP) is 3.42. The van der Waals surface area contributed by atoms with E-state index < -0.39 is 0 Å². The Morgan fingerprint density at radius 2 is 2.08 bits per heavy atom. The molecule has 0 spiro atoms. The largest absolute Gasteiger partial charge is 0.473 e. The molecule has 0 radical (unpaired) electrons. The average molecular weight is 322 g/mol. The summed E-state index contributed by atoms with van der Waals surface area (Å²) in [5, 5.41) is 13.1. The van der Waals surface area contributed by atoms with E-state index >= 15 is 0 Å². The Morgan fingerprint density at radius 3 is 2.83 bits per heavy atom. The van der Waals surface area contributed by atoms with Gasteiger partial charge in [-0.1, -0.05) is 19.1 Å². The molecule has 0 N–H and O–H groups in total. The van der Waals surface area contributed by atoms with Crippen LogP contribution in [0.4, 0.5) is 4.39 Å². The Bertz CT molecular complexity index is 898. The van der Waals surface area contributed by atoms with E-state index in [1.165, 1.54) is 16.9 Å². The lowest BCUT2D eigenvalue weighted by atomic mass is 10.1. The van der Waals surface area contributed by atoms with Crippen LogP contribution in [0.1, 0.15) is 23.6 Å². The Balaban J connectivity index is 1.80. The fourth-order valence-electron chi connectivity index (χ4n) is 2.26. The number of ether oxygens (including phenoxy) is 1. The summed E-state index contributed by atoms with van der Waals surface area (Å²) in [5.41, 5.74) is 1.89. The molecule has 6 heteroatoms. The molecule has 2 aromatic heterocycles. The second kappa shape index (κ2) is 6.92. The predicted molar refractivity (Wildman–Crippen MR) is 86.2 cm³/mol. The number of halogens is 1. The van der Waals surface area contributed by atoms with E-state index in [0.29, 0.717) is 22.8 Å². The van der Waals surface area contributed by atoms with Crippen molar-refractivity contribution in [2.75, 3.05) is 0 Å². The zero-order valence-electron chi connectivity index (χ0n) is 13.1. The Hall–Kier alpha value is -3.20. The fraction of sp³-hybridized carbons (Fsp3) is 0.167. The van der Waals surface area contributed by atoms with Crippen molar-refractivity contribution in [1.82, 2.24) is 14.8 Å². The highest BCUT2D eigenvalue weighted by atomic mass is 19.1. The first kappa shape index (κ1) is 15.7. The number of aromatic nitrogens is 3. The normalized spacial score (nSPS) is 10.4. The van der Waals surface area contributed by atoms with Crippen molar-refractivity contribution in [2.45, 2.75) is 20.0 Å².